The summed E-state index contributed by atoms with van der Waals surface area (Å²) in [5.74, 6) is 1.39. The van der Waals surface area contributed by atoms with Gasteiger partial charge in [0.2, 0.25) is 0 Å². The largest absolute Gasteiger partial charge is 0.497 e. The first-order valence-corrected chi connectivity index (χ1v) is 6.60. The lowest BCUT2D eigenvalue weighted by molar-refractivity contribution is 0.105. The fourth-order valence-corrected chi connectivity index (χ4v) is 2.27. The lowest BCUT2D eigenvalue weighted by atomic mass is 10.1. The minimum absolute atomic E-state index is 0.00660. The Morgan fingerprint density at radius 2 is 2.05 bits per heavy atom. The maximum atomic E-state index is 11.9. The minimum Gasteiger partial charge on any atom is -0.497 e. The van der Waals surface area contributed by atoms with Crippen LogP contribution in [0.4, 0.5) is 0 Å². The lowest BCUT2D eigenvalue weighted by Gasteiger charge is -2.07. The molecule has 2 rings (SSSR count). The van der Waals surface area contributed by atoms with Crippen molar-refractivity contribution in [3.63, 3.8) is 0 Å². The maximum absolute atomic E-state index is 11.9. The van der Waals surface area contributed by atoms with Crippen molar-refractivity contribution in [3.8, 4) is 11.5 Å². The summed E-state index contributed by atoms with van der Waals surface area (Å²) < 4.78 is 10.4. The van der Waals surface area contributed by atoms with Crippen LogP contribution in [0.1, 0.15) is 15.2 Å². The molecule has 0 saturated carbocycles. The van der Waals surface area contributed by atoms with E-state index in [1.54, 1.807) is 32.4 Å². The Hall–Kier alpha value is -2.07. The summed E-state index contributed by atoms with van der Waals surface area (Å²) in [5.41, 5.74) is 0.841. The molecule has 3 nitrogen and oxygen atoms in total. The summed E-state index contributed by atoms with van der Waals surface area (Å²) in [7, 11) is 3.19. The van der Waals surface area contributed by atoms with E-state index in [1.165, 1.54) is 11.3 Å². The second kappa shape index (κ2) is 6.20. The number of ketones is 1. The number of ether oxygens (including phenoxy) is 2. The van der Waals surface area contributed by atoms with E-state index in [9.17, 15) is 4.79 Å². The molecule has 0 saturated heterocycles. The molecule has 0 N–H and O–H groups in total. The molecule has 0 aliphatic rings. The topological polar surface area (TPSA) is 35.5 Å². The van der Waals surface area contributed by atoms with Crippen LogP contribution in [0.2, 0.25) is 0 Å². The molecule has 1 aromatic carbocycles. The van der Waals surface area contributed by atoms with E-state index in [0.717, 1.165) is 16.2 Å². The molecule has 0 aliphatic heterocycles. The molecule has 98 valence electrons. The van der Waals surface area contributed by atoms with Gasteiger partial charge >= 0.3 is 0 Å². The predicted octanol–water partition coefficient (Wildman–Crippen LogP) is 3.66. The Morgan fingerprint density at radius 3 is 2.68 bits per heavy atom. The molecule has 1 aromatic heterocycles. The third-order valence-electron chi connectivity index (χ3n) is 2.62. The van der Waals surface area contributed by atoms with Crippen molar-refractivity contribution in [1.82, 2.24) is 0 Å². The molecule has 0 atom stereocenters. The first kappa shape index (κ1) is 13.4. The van der Waals surface area contributed by atoms with Crippen molar-refractivity contribution < 1.29 is 14.3 Å². The molecule has 0 amide bonds. The monoisotopic (exact) mass is 274 g/mol. The average molecular weight is 274 g/mol. The van der Waals surface area contributed by atoms with E-state index in [4.69, 9.17) is 9.47 Å². The van der Waals surface area contributed by atoms with E-state index in [2.05, 4.69) is 0 Å². The number of hydrogen-bond donors (Lipinski definition) is 0. The zero-order chi connectivity index (χ0) is 13.7. The second-order valence-corrected chi connectivity index (χ2v) is 4.73. The third kappa shape index (κ3) is 3.23. The number of rotatable bonds is 5. The van der Waals surface area contributed by atoms with E-state index < -0.39 is 0 Å². The number of carbonyl (C=O) groups is 1. The van der Waals surface area contributed by atoms with Crippen molar-refractivity contribution in [2.75, 3.05) is 14.2 Å². The van der Waals surface area contributed by atoms with Gasteiger partial charge in [-0.3, -0.25) is 4.79 Å². The summed E-state index contributed by atoms with van der Waals surface area (Å²) in [4.78, 5) is 12.6. The van der Waals surface area contributed by atoms with Crippen molar-refractivity contribution in [1.29, 1.82) is 0 Å². The molecule has 0 unspecified atom stereocenters. The highest BCUT2D eigenvalue weighted by molar-refractivity contribution is 7.12. The van der Waals surface area contributed by atoms with Crippen LogP contribution >= 0.6 is 11.3 Å². The van der Waals surface area contributed by atoms with E-state index >= 15 is 0 Å². The summed E-state index contributed by atoms with van der Waals surface area (Å²) in [6.45, 7) is 0. The Balaban J connectivity index is 2.21. The van der Waals surface area contributed by atoms with Gasteiger partial charge < -0.3 is 9.47 Å². The zero-order valence-corrected chi connectivity index (χ0v) is 11.6. The minimum atomic E-state index is -0.00660. The predicted molar refractivity (Wildman–Crippen MR) is 77.2 cm³/mol. The molecule has 0 fully saturated rings. The van der Waals surface area contributed by atoms with E-state index in [-0.39, 0.29) is 5.78 Å². The number of methoxy groups -OCH3 is 2. The molecule has 0 aliphatic carbocycles. The number of allylic oxidation sites excluding steroid dienone is 1. The Labute approximate surface area is 116 Å². The van der Waals surface area contributed by atoms with E-state index in [1.807, 2.05) is 29.6 Å². The maximum Gasteiger partial charge on any atom is 0.195 e. The first-order valence-electron chi connectivity index (χ1n) is 5.72. The van der Waals surface area contributed by atoms with E-state index in [0.29, 0.717) is 5.75 Å². The van der Waals surface area contributed by atoms with Crippen LogP contribution in [0.15, 0.2) is 41.8 Å². The molecular weight excluding hydrogens is 260 g/mol. The number of benzene rings is 1. The zero-order valence-electron chi connectivity index (χ0n) is 10.8. The Morgan fingerprint density at radius 1 is 1.21 bits per heavy atom. The van der Waals surface area contributed by atoms with Crippen LogP contribution in [-0.4, -0.2) is 20.0 Å². The summed E-state index contributed by atoms with van der Waals surface area (Å²) in [6.07, 6.45) is 3.30. The van der Waals surface area contributed by atoms with Crippen molar-refractivity contribution in [2.45, 2.75) is 0 Å². The molecule has 1 heterocycles. The highest BCUT2D eigenvalue weighted by atomic mass is 32.1. The first-order chi connectivity index (χ1) is 9.24. The SMILES string of the molecule is COc1ccc(C=CC(=O)c2cccs2)c(OC)c1. The van der Waals surface area contributed by atoms with Crippen molar-refractivity contribution in [2.24, 2.45) is 0 Å². The number of hydrogen-bond acceptors (Lipinski definition) is 4. The molecule has 2 aromatic rings. The second-order valence-electron chi connectivity index (χ2n) is 3.78. The van der Waals surface area contributed by atoms with Crippen LogP contribution in [-0.2, 0) is 0 Å². The third-order valence-corrected chi connectivity index (χ3v) is 3.50. The smallest absolute Gasteiger partial charge is 0.195 e. The normalized spacial score (nSPS) is 10.6. The Kier molecular flexibility index (Phi) is 4.36. The van der Waals surface area contributed by atoms with Gasteiger partial charge in [0.25, 0.3) is 0 Å². The van der Waals surface area contributed by atoms with Crippen LogP contribution in [0, 0.1) is 0 Å². The van der Waals surface area contributed by atoms with Gasteiger partial charge in [-0.1, -0.05) is 6.07 Å². The van der Waals surface area contributed by atoms with Gasteiger partial charge in [-0.2, -0.15) is 0 Å². The average Bonchev–Trinajstić information content (AvgIpc) is 2.98. The van der Waals surface area contributed by atoms with Crippen molar-refractivity contribution >= 4 is 23.2 Å². The summed E-state index contributed by atoms with van der Waals surface area (Å²) in [6, 6.07) is 9.14. The quantitative estimate of drug-likeness (QED) is 0.616. The molecule has 19 heavy (non-hydrogen) atoms. The van der Waals surface area contributed by atoms with Crippen molar-refractivity contribution in [3.05, 3.63) is 52.2 Å². The fourth-order valence-electron chi connectivity index (χ4n) is 1.62. The van der Waals surface area contributed by atoms with Gasteiger partial charge in [0, 0.05) is 11.6 Å². The molecule has 0 bridgehead atoms. The van der Waals surface area contributed by atoms with Crippen LogP contribution < -0.4 is 9.47 Å². The van der Waals surface area contributed by atoms with Crippen LogP contribution in [0.25, 0.3) is 6.08 Å². The standard InChI is InChI=1S/C15H14O3S/c1-17-12-7-5-11(14(10-12)18-2)6-8-13(16)15-4-3-9-19-15/h3-10H,1-2H3. The molecular formula is C15H14O3S. The van der Waals surface area contributed by atoms with Crippen LogP contribution in [0.3, 0.4) is 0 Å². The summed E-state index contributed by atoms with van der Waals surface area (Å²) >= 11 is 1.43. The fraction of sp³-hybridized carbons (Fsp3) is 0.133. The highest BCUT2D eigenvalue weighted by Gasteiger charge is 2.05. The van der Waals surface area contributed by atoms with Gasteiger partial charge in [-0.05, 0) is 35.7 Å². The molecule has 0 spiro atoms. The van der Waals surface area contributed by atoms with Crippen LogP contribution in [0.5, 0.6) is 11.5 Å². The van der Waals surface area contributed by atoms with Gasteiger partial charge in [-0.25, -0.2) is 0 Å². The van der Waals surface area contributed by atoms with Gasteiger partial charge in [0.1, 0.15) is 11.5 Å². The summed E-state index contributed by atoms with van der Waals surface area (Å²) in [5, 5.41) is 1.88. The van der Waals surface area contributed by atoms with Gasteiger partial charge in [-0.15, -0.1) is 11.3 Å². The highest BCUT2D eigenvalue weighted by Crippen LogP contribution is 2.25. The van der Waals surface area contributed by atoms with Gasteiger partial charge in [0.05, 0.1) is 19.1 Å². The lowest BCUT2D eigenvalue weighted by Crippen LogP contribution is -1.91. The number of thiophene rings is 1. The Bertz CT molecular complexity index is 585. The molecule has 4 heteroatoms. The van der Waals surface area contributed by atoms with Gasteiger partial charge in [0.15, 0.2) is 5.78 Å². The molecule has 0 radical (unpaired) electrons. The number of carbonyl (C=O) groups excluding carboxylic acids is 1.